The van der Waals surface area contributed by atoms with Gasteiger partial charge in [0.05, 0.1) is 6.04 Å². The third-order valence-electron chi connectivity index (χ3n) is 2.42. The fourth-order valence-electron chi connectivity index (χ4n) is 1.51. The monoisotopic (exact) mass is 236 g/mol. The van der Waals surface area contributed by atoms with Gasteiger partial charge in [0.25, 0.3) is 0 Å². The highest BCUT2D eigenvalue weighted by atomic mass is 32.1. The Kier molecular flexibility index (Phi) is 3.36. The summed E-state index contributed by atoms with van der Waals surface area (Å²) in [5.41, 5.74) is 1.29. The Labute approximate surface area is 99.3 Å². The smallest absolute Gasteiger partial charge is 0.134 e. The molecule has 2 aromatic rings. The van der Waals surface area contributed by atoms with Gasteiger partial charge in [-0.1, -0.05) is 0 Å². The van der Waals surface area contributed by atoms with Crippen molar-refractivity contribution in [1.29, 1.82) is 0 Å². The van der Waals surface area contributed by atoms with Crippen molar-refractivity contribution in [3.8, 4) is 0 Å². The zero-order valence-corrected chi connectivity index (χ0v) is 10.6. The molecule has 0 bridgehead atoms. The SMILES string of the molecule is Cc1nnc(C(C)NCc2ccn(C)c2)s1. The molecule has 0 aromatic carbocycles. The summed E-state index contributed by atoms with van der Waals surface area (Å²) >= 11 is 1.65. The molecule has 0 fully saturated rings. The van der Waals surface area contributed by atoms with Crippen LogP contribution in [-0.2, 0) is 13.6 Å². The molecule has 0 spiro atoms. The number of rotatable bonds is 4. The number of hydrogen-bond donors (Lipinski definition) is 1. The summed E-state index contributed by atoms with van der Waals surface area (Å²) in [6.45, 7) is 4.95. The summed E-state index contributed by atoms with van der Waals surface area (Å²) in [5, 5.41) is 13.7. The summed E-state index contributed by atoms with van der Waals surface area (Å²) in [7, 11) is 2.03. The Morgan fingerprint density at radius 2 is 2.31 bits per heavy atom. The zero-order chi connectivity index (χ0) is 11.5. The Morgan fingerprint density at radius 3 is 2.88 bits per heavy atom. The quantitative estimate of drug-likeness (QED) is 0.883. The average molecular weight is 236 g/mol. The molecular weight excluding hydrogens is 220 g/mol. The molecule has 5 heteroatoms. The van der Waals surface area contributed by atoms with Crippen molar-refractivity contribution in [2.75, 3.05) is 0 Å². The number of aryl methyl sites for hydroxylation is 2. The van der Waals surface area contributed by atoms with Crippen molar-refractivity contribution in [2.45, 2.75) is 26.4 Å². The second-order valence-electron chi connectivity index (χ2n) is 3.95. The van der Waals surface area contributed by atoms with E-state index in [1.807, 2.05) is 14.0 Å². The number of nitrogens with one attached hydrogen (secondary N) is 1. The first-order valence-electron chi connectivity index (χ1n) is 5.29. The lowest BCUT2D eigenvalue weighted by Gasteiger charge is -2.08. The fourth-order valence-corrected chi connectivity index (χ4v) is 2.24. The predicted octanol–water partition coefficient (Wildman–Crippen LogP) is 2.04. The molecule has 16 heavy (non-hydrogen) atoms. The molecule has 0 saturated carbocycles. The lowest BCUT2D eigenvalue weighted by molar-refractivity contribution is 0.567. The highest BCUT2D eigenvalue weighted by molar-refractivity contribution is 7.11. The molecule has 0 amide bonds. The van der Waals surface area contributed by atoms with Crippen LogP contribution in [0.3, 0.4) is 0 Å². The minimum atomic E-state index is 0.256. The molecule has 86 valence electrons. The lowest BCUT2D eigenvalue weighted by atomic mass is 10.3. The second kappa shape index (κ2) is 4.76. The van der Waals surface area contributed by atoms with E-state index in [1.165, 1.54) is 5.56 Å². The molecule has 0 radical (unpaired) electrons. The summed E-state index contributed by atoms with van der Waals surface area (Å²) in [6.07, 6.45) is 4.17. The normalized spacial score (nSPS) is 12.9. The van der Waals surface area contributed by atoms with Crippen LogP contribution in [-0.4, -0.2) is 14.8 Å². The van der Waals surface area contributed by atoms with Crippen LogP contribution in [0.5, 0.6) is 0 Å². The molecule has 0 aliphatic heterocycles. The molecule has 0 aliphatic carbocycles. The van der Waals surface area contributed by atoms with Gasteiger partial charge in [-0.2, -0.15) is 0 Å². The van der Waals surface area contributed by atoms with Crippen LogP contribution in [0.1, 0.15) is 28.5 Å². The van der Waals surface area contributed by atoms with Gasteiger partial charge in [-0.25, -0.2) is 0 Å². The van der Waals surface area contributed by atoms with Gasteiger partial charge < -0.3 is 9.88 Å². The van der Waals surface area contributed by atoms with Gasteiger partial charge in [0.1, 0.15) is 10.0 Å². The molecular formula is C11H16N4S. The number of aromatic nitrogens is 3. The number of hydrogen-bond acceptors (Lipinski definition) is 4. The van der Waals surface area contributed by atoms with Crippen LogP contribution in [0.25, 0.3) is 0 Å². The maximum absolute atomic E-state index is 4.13. The van der Waals surface area contributed by atoms with E-state index < -0.39 is 0 Å². The summed E-state index contributed by atoms with van der Waals surface area (Å²) in [5.74, 6) is 0. The molecule has 2 rings (SSSR count). The van der Waals surface area contributed by atoms with Crippen molar-refractivity contribution in [2.24, 2.45) is 7.05 Å². The minimum absolute atomic E-state index is 0.256. The van der Waals surface area contributed by atoms with Crippen LogP contribution in [0.15, 0.2) is 18.5 Å². The summed E-state index contributed by atoms with van der Waals surface area (Å²) in [4.78, 5) is 0. The largest absolute Gasteiger partial charge is 0.357 e. The molecule has 2 heterocycles. The van der Waals surface area contributed by atoms with E-state index in [2.05, 4.69) is 45.5 Å². The van der Waals surface area contributed by atoms with Gasteiger partial charge >= 0.3 is 0 Å². The Balaban J connectivity index is 1.91. The van der Waals surface area contributed by atoms with E-state index >= 15 is 0 Å². The summed E-state index contributed by atoms with van der Waals surface area (Å²) in [6, 6.07) is 2.37. The molecule has 2 aromatic heterocycles. The van der Waals surface area contributed by atoms with Gasteiger partial charge in [0, 0.05) is 26.0 Å². The van der Waals surface area contributed by atoms with Crippen LogP contribution >= 0.6 is 11.3 Å². The summed E-state index contributed by atoms with van der Waals surface area (Å²) < 4.78 is 2.05. The predicted molar refractivity (Wildman–Crippen MR) is 65.3 cm³/mol. The fraction of sp³-hybridized carbons (Fsp3) is 0.455. The molecule has 1 N–H and O–H groups in total. The van der Waals surface area contributed by atoms with Crippen LogP contribution in [0, 0.1) is 6.92 Å². The Bertz CT molecular complexity index is 460. The number of nitrogens with zero attached hydrogens (tertiary/aromatic N) is 3. The van der Waals surface area contributed by atoms with Crippen molar-refractivity contribution in [3.05, 3.63) is 34.0 Å². The van der Waals surface area contributed by atoms with E-state index in [4.69, 9.17) is 0 Å². The maximum atomic E-state index is 4.13. The Morgan fingerprint density at radius 1 is 1.50 bits per heavy atom. The van der Waals surface area contributed by atoms with Crippen LogP contribution in [0.2, 0.25) is 0 Å². The molecule has 0 aliphatic rings. The van der Waals surface area contributed by atoms with Gasteiger partial charge in [-0.15, -0.1) is 21.5 Å². The zero-order valence-electron chi connectivity index (χ0n) is 9.77. The third-order valence-corrected chi connectivity index (χ3v) is 3.44. The van der Waals surface area contributed by atoms with E-state index in [9.17, 15) is 0 Å². The van der Waals surface area contributed by atoms with Gasteiger partial charge in [0.2, 0.25) is 0 Å². The van der Waals surface area contributed by atoms with Crippen molar-refractivity contribution in [3.63, 3.8) is 0 Å². The van der Waals surface area contributed by atoms with E-state index in [0.29, 0.717) is 0 Å². The van der Waals surface area contributed by atoms with Gasteiger partial charge in [0.15, 0.2) is 0 Å². The standard InChI is InChI=1S/C11H16N4S/c1-8(11-14-13-9(2)16-11)12-6-10-4-5-15(3)7-10/h4-5,7-8,12H,6H2,1-3H3. The highest BCUT2D eigenvalue weighted by Crippen LogP contribution is 2.17. The van der Waals surface area contributed by atoms with Crippen molar-refractivity contribution >= 4 is 11.3 Å². The molecule has 4 nitrogen and oxygen atoms in total. The van der Waals surface area contributed by atoms with Crippen LogP contribution < -0.4 is 5.32 Å². The van der Waals surface area contributed by atoms with Crippen molar-refractivity contribution in [1.82, 2.24) is 20.1 Å². The molecule has 0 saturated heterocycles. The maximum Gasteiger partial charge on any atom is 0.134 e. The van der Waals surface area contributed by atoms with Gasteiger partial charge in [-0.05, 0) is 25.5 Å². The first kappa shape index (κ1) is 11.3. The third kappa shape index (κ3) is 2.68. The second-order valence-corrected chi connectivity index (χ2v) is 5.16. The highest BCUT2D eigenvalue weighted by Gasteiger charge is 2.09. The Hall–Kier alpha value is -1.20. The first-order chi connectivity index (χ1) is 7.65. The van der Waals surface area contributed by atoms with E-state index in [-0.39, 0.29) is 6.04 Å². The van der Waals surface area contributed by atoms with Crippen LogP contribution in [0.4, 0.5) is 0 Å². The van der Waals surface area contributed by atoms with E-state index in [0.717, 1.165) is 16.6 Å². The van der Waals surface area contributed by atoms with Crippen molar-refractivity contribution < 1.29 is 0 Å². The molecule has 1 atom stereocenters. The average Bonchev–Trinajstić information content (AvgIpc) is 2.84. The topological polar surface area (TPSA) is 42.7 Å². The lowest BCUT2D eigenvalue weighted by Crippen LogP contribution is -2.17. The first-order valence-corrected chi connectivity index (χ1v) is 6.11. The van der Waals surface area contributed by atoms with E-state index in [1.54, 1.807) is 11.3 Å². The minimum Gasteiger partial charge on any atom is -0.357 e. The van der Waals surface area contributed by atoms with Gasteiger partial charge in [-0.3, -0.25) is 0 Å². The molecule has 1 unspecified atom stereocenters.